The number of aryl methyl sites for hydroxylation is 1. The Hall–Kier alpha value is -3.02. The van der Waals surface area contributed by atoms with Gasteiger partial charge in [-0.2, -0.15) is 4.31 Å². The van der Waals surface area contributed by atoms with Crippen molar-refractivity contribution >= 4 is 49.8 Å². The molecule has 4 aromatic rings. The lowest BCUT2D eigenvalue weighted by Crippen LogP contribution is -2.30. The lowest BCUT2D eigenvalue weighted by Gasteiger charge is -2.18. The van der Waals surface area contributed by atoms with E-state index in [4.69, 9.17) is 0 Å². The Bertz CT molecular complexity index is 1430. The molecule has 0 saturated carbocycles. The molecule has 9 nitrogen and oxygen atoms in total. The lowest BCUT2D eigenvalue weighted by atomic mass is 10.1. The van der Waals surface area contributed by atoms with Gasteiger partial charge in [-0.25, -0.2) is 13.4 Å². The molecule has 0 fully saturated rings. The third kappa shape index (κ3) is 5.06. The second-order valence-electron chi connectivity index (χ2n) is 7.76. The number of carbonyl (C=O) groups excluding carboxylic acids is 1. The molecule has 178 valence electrons. The third-order valence-electron chi connectivity index (χ3n) is 5.45. The molecular formula is C23H26N6O3S2. The number of amides is 1. The van der Waals surface area contributed by atoms with Gasteiger partial charge in [0, 0.05) is 30.5 Å². The average Bonchev–Trinajstić information content (AvgIpc) is 3.20. The van der Waals surface area contributed by atoms with Crippen LogP contribution in [-0.4, -0.2) is 57.6 Å². The zero-order valence-electron chi connectivity index (χ0n) is 19.2. The number of sulfonamides is 1. The topological polar surface area (TPSA) is 121 Å². The maximum Gasteiger partial charge on any atom is 0.243 e. The molecule has 0 saturated heterocycles. The molecule has 2 aromatic carbocycles. The molecule has 0 spiro atoms. The average molecular weight is 499 g/mol. The summed E-state index contributed by atoms with van der Waals surface area (Å²) in [5.41, 5.74) is 3.89. The number of carbonyl (C=O) groups is 1. The first-order valence-corrected chi connectivity index (χ1v) is 13.4. The fraction of sp³-hybridized carbons (Fsp3) is 0.304. The Kier molecular flexibility index (Phi) is 7.15. The van der Waals surface area contributed by atoms with Gasteiger partial charge in [-0.15, -0.1) is 10.2 Å². The van der Waals surface area contributed by atoms with Gasteiger partial charge in [-0.1, -0.05) is 55.4 Å². The number of rotatable bonds is 9. The molecule has 2 heterocycles. The Morgan fingerprint density at radius 1 is 1.09 bits per heavy atom. The normalized spacial score (nSPS) is 12.0. The number of benzene rings is 2. The number of H-pyrrole nitrogens is 1. The number of nitrogens with one attached hydrogen (secondary N) is 2. The van der Waals surface area contributed by atoms with Gasteiger partial charge in [-0.05, 0) is 30.7 Å². The Morgan fingerprint density at radius 3 is 2.53 bits per heavy atom. The van der Waals surface area contributed by atoms with Crippen LogP contribution in [0.25, 0.3) is 22.1 Å². The summed E-state index contributed by atoms with van der Waals surface area (Å²) < 4.78 is 27.2. The zero-order valence-corrected chi connectivity index (χ0v) is 20.8. The Morgan fingerprint density at radius 2 is 1.82 bits per heavy atom. The highest BCUT2D eigenvalue weighted by atomic mass is 32.2. The van der Waals surface area contributed by atoms with E-state index in [1.807, 2.05) is 45.0 Å². The number of thioether (sulfide) groups is 1. The van der Waals surface area contributed by atoms with Gasteiger partial charge in [0.2, 0.25) is 21.1 Å². The van der Waals surface area contributed by atoms with Crippen LogP contribution in [0.15, 0.2) is 52.5 Å². The van der Waals surface area contributed by atoms with Gasteiger partial charge < -0.3 is 10.3 Å². The number of nitrogens with zero attached hydrogens (tertiary/aromatic N) is 4. The van der Waals surface area contributed by atoms with Crippen molar-refractivity contribution in [3.05, 3.63) is 53.6 Å². The first-order valence-electron chi connectivity index (χ1n) is 10.9. The molecular weight excluding hydrogens is 472 g/mol. The van der Waals surface area contributed by atoms with Crippen molar-refractivity contribution in [3.8, 4) is 0 Å². The van der Waals surface area contributed by atoms with Gasteiger partial charge in [0.25, 0.3) is 0 Å². The van der Waals surface area contributed by atoms with Crippen LogP contribution in [0.5, 0.6) is 0 Å². The summed E-state index contributed by atoms with van der Waals surface area (Å²) in [6, 6.07) is 12.9. The predicted molar refractivity (Wildman–Crippen MR) is 133 cm³/mol. The van der Waals surface area contributed by atoms with E-state index in [9.17, 15) is 13.2 Å². The summed E-state index contributed by atoms with van der Waals surface area (Å²) in [5.74, 6) is 0.0307. The lowest BCUT2D eigenvalue weighted by molar-refractivity contribution is -0.118. The van der Waals surface area contributed by atoms with E-state index in [1.54, 1.807) is 18.2 Å². The molecule has 11 heteroatoms. The highest BCUT2D eigenvalue weighted by Gasteiger charge is 2.23. The summed E-state index contributed by atoms with van der Waals surface area (Å²) in [7, 11) is -3.59. The molecule has 0 radical (unpaired) electrons. The first kappa shape index (κ1) is 24.1. The molecule has 0 unspecified atom stereocenters. The smallest absolute Gasteiger partial charge is 0.243 e. The van der Waals surface area contributed by atoms with Crippen LogP contribution < -0.4 is 5.32 Å². The number of fused-ring (bicyclic) bond motifs is 3. The maximum atomic E-state index is 12.9. The molecule has 0 atom stereocenters. The van der Waals surface area contributed by atoms with Crippen LogP contribution in [0.3, 0.4) is 0 Å². The SMILES string of the molecule is CCN(CC)S(=O)(=O)c1ccc2[nH]c3nc(SCC(=O)NCc4ccc(C)cc4)nnc3c2c1. The summed E-state index contributed by atoms with van der Waals surface area (Å²) in [5, 5.41) is 12.3. The fourth-order valence-corrected chi connectivity index (χ4v) is 5.66. The van der Waals surface area contributed by atoms with Crippen molar-refractivity contribution in [2.75, 3.05) is 18.8 Å². The summed E-state index contributed by atoms with van der Waals surface area (Å²) >= 11 is 1.19. The Labute approximate surface area is 202 Å². The number of hydrogen-bond donors (Lipinski definition) is 2. The number of hydrogen-bond acceptors (Lipinski definition) is 7. The zero-order chi connectivity index (χ0) is 24.3. The van der Waals surface area contributed by atoms with E-state index < -0.39 is 10.0 Å². The first-order chi connectivity index (χ1) is 16.3. The van der Waals surface area contributed by atoms with Gasteiger partial charge in [0.05, 0.1) is 10.6 Å². The molecule has 34 heavy (non-hydrogen) atoms. The van der Waals surface area contributed by atoms with Crippen molar-refractivity contribution < 1.29 is 13.2 Å². The van der Waals surface area contributed by atoms with Gasteiger partial charge in [0.1, 0.15) is 5.52 Å². The molecule has 0 aliphatic carbocycles. The van der Waals surface area contributed by atoms with E-state index in [1.165, 1.54) is 21.6 Å². The minimum Gasteiger partial charge on any atom is -0.351 e. The van der Waals surface area contributed by atoms with Crippen LogP contribution in [0.2, 0.25) is 0 Å². The van der Waals surface area contributed by atoms with Gasteiger partial charge in [-0.3, -0.25) is 4.79 Å². The van der Waals surface area contributed by atoms with E-state index >= 15 is 0 Å². The molecule has 0 aliphatic rings. The molecule has 0 aliphatic heterocycles. The van der Waals surface area contributed by atoms with Crippen LogP contribution in [0.1, 0.15) is 25.0 Å². The van der Waals surface area contributed by atoms with Crippen LogP contribution in [-0.2, 0) is 21.4 Å². The van der Waals surface area contributed by atoms with Crippen molar-refractivity contribution in [1.29, 1.82) is 0 Å². The monoisotopic (exact) mass is 498 g/mol. The molecule has 1 amide bonds. The summed E-state index contributed by atoms with van der Waals surface area (Å²) in [6.07, 6.45) is 0. The summed E-state index contributed by atoms with van der Waals surface area (Å²) in [6.45, 7) is 6.88. The third-order valence-corrected chi connectivity index (χ3v) is 8.34. The van der Waals surface area contributed by atoms with Crippen LogP contribution in [0, 0.1) is 6.92 Å². The van der Waals surface area contributed by atoms with Crippen molar-refractivity contribution in [1.82, 2.24) is 29.8 Å². The minimum atomic E-state index is -3.59. The largest absolute Gasteiger partial charge is 0.351 e. The predicted octanol–water partition coefficient (Wildman–Crippen LogP) is 3.25. The highest BCUT2D eigenvalue weighted by molar-refractivity contribution is 7.99. The number of aromatic nitrogens is 4. The molecule has 2 N–H and O–H groups in total. The highest BCUT2D eigenvalue weighted by Crippen LogP contribution is 2.27. The fourth-order valence-electron chi connectivity index (χ4n) is 3.56. The molecule has 0 bridgehead atoms. The van der Waals surface area contributed by atoms with Crippen molar-refractivity contribution in [2.24, 2.45) is 0 Å². The standard InChI is InChI=1S/C23H26N6O3S2/c1-4-29(5-2)34(31,32)17-10-11-19-18(12-17)21-22(25-19)26-23(28-27-21)33-14-20(30)24-13-16-8-6-15(3)7-9-16/h6-12H,4-5,13-14H2,1-3H3,(H,24,30)(H,25,26,28). The number of aromatic amines is 1. The quantitative estimate of drug-likeness (QED) is 0.340. The van der Waals surface area contributed by atoms with Gasteiger partial charge in [0.15, 0.2) is 5.65 Å². The minimum absolute atomic E-state index is 0.128. The second kappa shape index (κ2) is 10.1. The van der Waals surface area contributed by atoms with E-state index in [0.717, 1.165) is 5.56 Å². The summed E-state index contributed by atoms with van der Waals surface area (Å²) in [4.78, 5) is 20.0. The van der Waals surface area contributed by atoms with E-state index in [0.29, 0.717) is 46.9 Å². The van der Waals surface area contributed by atoms with Crippen molar-refractivity contribution in [2.45, 2.75) is 37.4 Å². The van der Waals surface area contributed by atoms with Crippen LogP contribution in [0.4, 0.5) is 0 Å². The second-order valence-corrected chi connectivity index (χ2v) is 10.6. The van der Waals surface area contributed by atoms with E-state index in [-0.39, 0.29) is 16.6 Å². The van der Waals surface area contributed by atoms with Crippen molar-refractivity contribution in [3.63, 3.8) is 0 Å². The molecule has 2 aromatic heterocycles. The maximum absolute atomic E-state index is 12.9. The van der Waals surface area contributed by atoms with E-state index in [2.05, 4.69) is 25.5 Å². The molecule has 4 rings (SSSR count). The Balaban J connectivity index is 1.47. The van der Waals surface area contributed by atoms with Gasteiger partial charge >= 0.3 is 0 Å². The van der Waals surface area contributed by atoms with Crippen LogP contribution >= 0.6 is 11.8 Å².